The molecule has 0 radical (unpaired) electrons. The van der Waals surface area contributed by atoms with Gasteiger partial charge in [0.05, 0.1) is 5.60 Å². The topological polar surface area (TPSA) is 9.23 Å². The fourth-order valence-corrected chi connectivity index (χ4v) is 2.90. The van der Waals surface area contributed by atoms with Crippen molar-refractivity contribution in [2.75, 3.05) is 5.75 Å². The molecule has 1 nitrogen and oxygen atoms in total. The molecule has 17 heavy (non-hydrogen) atoms. The minimum absolute atomic E-state index is 0.136. The molecule has 1 aromatic carbocycles. The summed E-state index contributed by atoms with van der Waals surface area (Å²) < 4.78 is 6.01. The second kappa shape index (κ2) is 5.11. The van der Waals surface area contributed by atoms with Gasteiger partial charge < -0.3 is 4.74 Å². The summed E-state index contributed by atoms with van der Waals surface area (Å²) in [6.07, 6.45) is 4.23. The van der Waals surface area contributed by atoms with Gasteiger partial charge in [-0.15, -0.1) is 11.8 Å². The van der Waals surface area contributed by atoms with Gasteiger partial charge in [0.15, 0.2) is 0 Å². The van der Waals surface area contributed by atoms with E-state index in [2.05, 4.69) is 37.8 Å². The fourth-order valence-electron chi connectivity index (χ4n) is 1.64. The summed E-state index contributed by atoms with van der Waals surface area (Å²) in [5.41, 5.74) is 2.27. The molecule has 1 aliphatic heterocycles. The van der Waals surface area contributed by atoms with Crippen LogP contribution in [0, 0.1) is 0 Å². The molecule has 0 spiro atoms. The van der Waals surface area contributed by atoms with E-state index in [0.717, 1.165) is 11.3 Å². The molecular formula is C15H18OS. The summed E-state index contributed by atoms with van der Waals surface area (Å²) in [5, 5.41) is 0. The normalized spacial score (nSPS) is 28.7. The number of ether oxygens (including phenoxy) is 1. The lowest BCUT2D eigenvalue weighted by Gasteiger charge is -2.23. The maximum Gasteiger partial charge on any atom is 0.123 e. The highest BCUT2D eigenvalue weighted by molar-refractivity contribution is 8.00. The van der Waals surface area contributed by atoms with Gasteiger partial charge in [0, 0.05) is 5.75 Å². The zero-order chi connectivity index (χ0) is 12.3. The van der Waals surface area contributed by atoms with Crippen molar-refractivity contribution in [1.82, 2.24) is 0 Å². The summed E-state index contributed by atoms with van der Waals surface area (Å²) in [4.78, 5) is 0. The Hall–Kier alpha value is -0.990. The average Bonchev–Trinajstić information content (AvgIpc) is 2.72. The first-order chi connectivity index (χ1) is 8.10. The molecule has 2 unspecified atom stereocenters. The van der Waals surface area contributed by atoms with Gasteiger partial charge in [-0.25, -0.2) is 0 Å². The highest BCUT2D eigenvalue weighted by Crippen LogP contribution is 2.38. The summed E-state index contributed by atoms with van der Waals surface area (Å²) in [7, 11) is 0. The number of rotatable bonds is 3. The first-order valence-electron chi connectivity index (χ1n) is 5.79. The van der Waals surface area contributed by atoms with Gasteiger partial charge in [0.25, 0.3) is 0 Å². The maximum absolute atomic E-state index is 6.01. The molecule has 0 aliphatic carbocycles. The highest BCUT2D eigenvalue weighted by Gasteiger charge is 2.36. The zero-order valence-corrected chi connectivity index (χ0v) is 11.2. The van der Waals surface area contributed by atoms with Gasteiger partial charge in [0.1, 0.15) is 5.44 Å². The van der Waals surface area contributed by atoms with Crippen molar-refractivity contribution in [2.24, 2.45) is 0 Å². The van der Waals surface area contributed by atoms with Crippen molar-refractivity contribution >= 4 is 17.8 Å². The number of thioether (sulfide) groups is 1. The molecule has 1 aliphatic rings. The fraction of sp³-hybridized carbons (Fsp3) is 0.333. The SMILES string of the molecule is C=C(C)C1(C)CSC(/C=C/c2ccccc2)O1. The van der Waals surface area contributed by atoms with Gasteiger partial charge in [-0.05, 0) is 31.1 Å². The summed E-state index contributed by atoms with van der Waals surface area (Å²) >= 11 is 1.83. The Labute approximate surface area is 108 Å². The molecule has 1 fully saturated rings. The smallest absolute Gasteiger partial charge is 0.123 e. The van der Waals surface area contributed by atoms with Gasteiger partial charge in [-0.2, -0.15) is 0 Å². The van der Waals surface area contributed by atoms with Crippen molar-refractivity contribution < 1.29 is 4.74 Å². The van der Waals surface area contributed by atoms with Crippen LogP contribution in [0.15, 0.2) is 48.6 Å². The van der Waals surface area contributed by atoms with E-state index in [1.165, 1.54) is 5.56 Å². The van der Waals surface area contributed by atoms with Crippen LogP contribution in [0.25, 0.3) is 6.08 Å². The second-order valence-electron chi connectivity index (χ2n) is 4.58. The lowest BCUT2D eigenvalue weighted by molar-refractivity contribution is 0.0335. The molecule has 0 bridgehead atoms. The Kier molecular flexibility index (Phi) is 3.75. The summed E-state index contributed by atoms with van der Waals surface area (Å²) in [6.45, 7) is 8.14. The number of benzene rings is 1. The molecule has 1 heterocycles. The summed E-state index contributed by atoms with van der Waals surface area (Å²) in [5.74, 6) is 0.978. The largest absolute Gasteiger partial charge is 0.352 e. The van der Waals surface area contributed by atoms with E-state index >= 15 is 0 Å². The quantitative estimate of drug-likeness (QED) is 0.742. The monoisotopic (exact) mass is 246 g/mol. The minimum atomic E-state index is -0.170. The number of hydrogen-bond acceptors (Lipinski definition) is 2. The molecule has 2 rings (SSSR count). The maximum atomic E-state index is 6.01. The van der Waals surface area contributed by atoms with Crippen LogP contribution in [-0.2, 0) is 4.74 Å². The van der Waals surface area contributed by atoms with E-state index in [-0.39, 0.29) is 11.0 Å². The summed E-state index contributed by atoms with van der Waals surface area (Å²) in [6, 6.07) is 10.3. The van der Waals surface area contributed by atoms with Crippen LogP contribution < -0.4 is 0 Å². The minimum Gasteiger partial charge on any atom is -0.352 e. The van der Waals surface area contributed by atoms with Gasteiger partial charge >= 0.3 is 0 Å². The van der Waals surface area contributed by atoms with Crippen LogP contribution in [0.4, 0.5) is 0 Å². The van der Waals surface area contributed by atoms with Gasteiger partial charge in [-0.1, -0.05) is 43.0 Å². The molecular weight excluding hydrogens is 228 g/mol. The van der Waals surface area contributed by atoms with E-state index in [1.807, 2.05) is 36.9 Å². The third-order valence-electron chi connectivity index (χ3n) is 3.05. The third kappa shape index (κ3) is 3.02. The van der Waals surface area contributed by atoms with Gasteiger partial charge in [0.2, 0.25) is 0 Å². The Bertz CT molecular complexity index is 424. The molecule has 0 N–H and O–H groups in total. The lowest BCUT2D eigenvalue weighted by atomic mass is 10.0. The van der Waals surface area contributed by atoms with Crippen LogP contribution in [0.1, 0.15) is 19.4 Å². The zero-order valence-electron chi connectivity index (χ0n) is 10.3. The van der Waals surface area contributed by atoms with Crippen LogP contribution in [0.5, 0.6) is 0 Å². The van der Waals surface area contributed by atoms with E-state index in [1.54, 1.807) is 0 Å². The Balaban J connectivity index is 1.99. The highest BCUT2D eigenvalue weighted by atomic mass is 32.2. The average molecular weight is 246 g/mol. The molecule has 0 saturated carbocycles. The van der Waals surface area contributed by atoms with Gasteiger partial charge in [-0.3, -0.25) is 0 Å². The van der Waals surface area contributed by atoms with E-state index in [9.17, 15) is 0 Å². The predicted octanol–water partition coefficient (Wildman–Crippen LogP) is 4.12. The molecule has 1 aromatic rings. The van der Waals surface area contributed by atoms with Crippen molar-refractivity contribution in [3.8, 4) is 0 Å². The van der Waals surface area contributed by atoms with Crippen LogP contribution >= 0.6 is 11.8 Å². The molecule has 0 amide bonds. The van der Waals surface area contributed by atoms with Crippen LogP contribution in [0.2, 0.25) is 0 Å². The van der Waals surface area contributed by atoms with E-state index in [4.69, 9.17) is 4.74 Å². The first kappa shape index (κ1) is 12.5. The van der Waals surface area contributed by atoms with E-state index < -0.39 is 0 Å². The first-order valence-corrected chi connectivity index (χ1v) is 6.84. The van der Waals surface area contributed by atoms with E-state index in [0.29, 0.717) is 0 Å². The molecule has 90 valence electrons. The lowest BCUT2D eigenvalue weighted by Crippen LogP contribution is -2.28. The van der Waals surface area contributed by atoms with Crippen molar-refractivity contribution in [2.45, 2.75) is 24.9 Å². The molecule has 1 saturated heterocycles. The van der Waals surface area contributed by atoms with Crippen molar-refractivity contribution in [3.63, 3.8) is 0 Å². The van der Waals surface area contributed by atoms with Crippen LogP contribution in [0.3, 0.4) is 0 Å². The van der Waals surface area contributed by atoms with Crippen molar-refractivity contribution in [1.29, 1.82) is 0 Å². The Morgan fingerprint density at radius 2 is 2.18 bits per heavy atom. The molecule has 2 atom stereocenters. The Morgan fingerprint density at radius 1 is 1.47 bits per heavy atom. The Morgan fingerprint density at radius 3 is 2.76 bits per heavy atom. The second-order valence-corrected chi connectivity index (χ2v) is 5.66. The molecule has 0 aromatic heterocycles. The van der Waals surface area contributed by atoms with Crippen LogP contribution in [-0.4, -0.2) is 16.8 Å². The number of hydrogen-bond donors (Lipinski definition) is 0. The third-order valence-corrected chi connectivity index (χ3v) is 4.35. The predicted molar refractivity (Wildman–Crippen MR) is 76.0 cm³/mol. The molecule has 2 heteroatoms. The standard InChI is InChI=1S/C15H18OS/c1-12(2)15(3)11-17-14(16-15)10-9-13-7-5-4-6-8-13/h4-10,14H,1,11H2,2-3H3/b10-9+. The van der Waals surface area contributed by atoms with Crippen molar-refractivity contribution in [3.05, 3.63) is 54.1 Å².